The molecule has 40 heavy (non-hydrogen) atoms. The van der Waals surface area contributed by atoms with Crippen LogP contribution >= 0.6 is 22.9 Å². The van der Waals surface area contributed by atoms with Gasteiger partial charge >= 0.3 is 52.7 Å². The summed E-state index contributed by atoms with van der Waals surface area (Å²) in [7, 11) is 0. The maximum atomic E-state index is 14.0. The first kappa shape index (κ1) is 33.6. The lowest BCUT2D eigenvalue weighted by Crippen LogP contribution is -2.75. The minimum Gasteiger partial charge on any atom is -0.296 e. The Morgan fingerprint density at radius 3 is 1.50 bits per heavy atom. The quantitative estimate of drug-likeness (QED) is 0.207. The van der Waals surface area contributed by atoms with Crippen molar-refractivity contribution >= 4 is 34.0 Å². The third-order valence-corrected chi connectivity index (χ3v) is 5.87. The van der Waals surface area contributed by atoms with E-state index < -0.39 is 63.7 Å². The third kappa shape index (κ3) is 4.81. The van der Waals surface area contributed by atoms with Crippen LogP contribution in [0, 0.1) is 5.82 Å². The second-order valence-electron chi connectivity index (χ2n) is 7.52. The molecule has 3 nitrogen and oxygen atoms in total. The maximum absolute atomic E-state index is 14.0. The molecule has 0 spiro atoms. The molecule has 0 saturated carbocycles. The van der Waals surface area contributed by atoms with Crippen LogP contribution in [0.5, 0.6) is 0 Å². The number of nitrogens with one attached hydrogen (secondary N) is 1. The molecule has 1 N–H and O–H groups in total. The summed E-state index contributed by atoms with van der Waals surface area (Å²) in [5.41, 5.74) is -0.310. The van der Waals surface area contributed by atoms with E-state index in [0.29, 0.717) is 0 Å². The van der Waals surface area contributed by atoms with E-state index in [4.69, 9.17) is 0 Å². The van der Waals surface area contributed by atoms with Crippen molar-refractivity contribution in [1.29, 1.82) is 0 Å². The van der Waals surface area contributed by atoms with Gasteiger partial charge in [-0.25, -0.2) is 9.37 Å². The van der Waals surface area contributed by atoms with Gasteiger partial charge in [-0.2, -0.15) is 70.2 Å². The molecule has 0 aliphatic rings. The maximum Gasteiger partial charge on any atom is 0.393 e. The Hall–Kier alpha value is -2.58. The van der Waals surface area contributed by atoms with Gasteiger partial charge in [-0.1, -0.05) is 0 Å². The highest BCUT2D eigenvalue weighted by Crippen LogP contribution is 2.64. The fourth-order valence-electron chi connectivity index (χ4n) is 2.57. The zero-order chi connectivity index (χ0) is 31.5. The number of rotatable bonds is 10. The summed E-state index contributed by atoms with van der Waals surface area (Å²) in [5.74, 6) is -61.8. The van der Waals surface area contributed by atoms with E-state index in [2.05, 4.69) is 16.6 Å². The molecule has 226 valence electrons. The second-order valence-corrected chi connectivity index (χ2v) is 8.85. The fourth-order valence-corrected chi connectivity index (χ4v) is 3.40. The highest BCUT2D eigenvalue weighted by Gasteiger charge is 2.95. The van der Waals surface area contributed by atoms with Crippen LogP contribution < -0.4 is 5.32 Å². The van der Waals surface area contributed by atoms with Crippen molar-refractivity contribution in [3.8, 4) is 11.3 Å². The highest BCUT2D eigenvalue weighted by molar-refractivity contribution is 7.14. The van der Waals surface area contributed by atoms with E-state index in [-0.39, 0.29) is 22.6 Å². The predicted molar refractivity (Wildman–Crippen MR) is 102 cm³/mol. The summed E-state index contributed by atoms with van der Waals surface area (Å²) < 4.78 is 229. The topological polar surface area (TPSA) is 42.0 Å². The number of benzene rings is 1. The van der Waals surface area contributed by atoms with E-state index in [1.807, 2.05) is 0 Å². The summed E-state index contributed by atoms with van der Waals surface area (Å²) in [5, 5.41) is -6.43. The fraction of sp³-hybridized carbons (Fsp3) is 0.444. The van der Waals surface area contributed by atoms with Gasteiger partial charge < -0.3 is 0 Å². The van der Waals surface area contributed by atoms with E-state index in [1.54, 1.807) is 0 Å². The molecule has 1 aromatic heterocycles. The second kappa shape index (κ2) is 9.76. The molecule has 0 bridgehead atoms. The number of hydrogen-bond donors (Lipinski definition) is 1. The van der Waals surface area contributed by atoms with Gasteiger partial charge in [0.05, 0.1) is 5.69 Å². The lowest BCUT2D eigenvalue weighted by atomic mass is 9.89. The first-order valence-electron chi connectivity index (χ1n) is 9.35. The van der Waals surface area contributed by atoms with Gasteiger partial charge in [0, 0.05) is 10.9 Å². The zero-order valence-electron chi connectivity index (χ0n) is 18.0. The van der Waals surface area contributed by atoms with Gasteiger partial charge in [0.1, 0.15) is 5.82 Å². The molecule has 1 amide bonds. The number of carbonyl (C=O) groups excluding carboxylic acids is 1. The lowest BCUT2D eigenvalue weighted by Gasteiger charge is -2.42. The van der Waals surface area contributed by atoms with Gasteiger partial charge in [0.15, 0.2) is 5.13 Å². The number of halogens is 18. The third-order valence-electron chi connectivity index (χ3n) is 4.87. The summed E-state index contributed by atoms with van der Waals surface area (Å²) in [4.78, 5) is 15.0. The molecule has 0 radical (unpaired) electrons. The summed E-state index contributed by atoms with van der Waals surface area (Å²) in [6.45, 7) is 0. The first-order valence-corrected chi connectivity index (χ1v) is 10.6. The molecule has 2 rings (SSSR count). The summed E-state index contributed by atoms with van der Waals surface area (Å²) in [6, 6.07) is 3.71. The van der Waals surface area contributed by atoms with Crippen LogP contribution in [-0.4, -0.2) is 57.7 Å². The van der Waals surface area contributed by atoms with Crippen molar-refractivity contribution in [3.05, 3.63) is 35.5 Å². The zero-order valence-corrected chi connectivity index (χ0v) is 19.5. The van der Waals surface area contributed by atoms with Crippen LogP contribution in [0.25, 0.3) is 11.3 Å². The van der Waals surface area contributed by atoms with Gasteiger partial charge in [-0.3, -0.25) is 10.1 Å². The minimum atomic E-state index is -8.68. The van der Waals surface area contributed by atoms with Crippen molar-refractivity contribution in [2.75, 3.05) is 5.32 Å². The average Bonchev–Trinajstić information content (AvgIpc) is 3.26. The van der Waals surface area contributed by atoms with Crippen LogP contribution in [0.3, 0.4) is 0 Å². The number of hydrogen-bond acceptors (Lipinski definition) is 3. The van der Waals surface area contributed by atoms with Gasteiger partial charge in [-0.15, -0.1) is 11.3 Å². The molecule has 2 aromatic rings. The molecule has 0 saturated heterocycles. The number of amides is 1. The Bertz CT molecular complexity index is 1240. The summed E-state index contributed by atoms with van der Waals surface area (Å²) in [6.07, 6.45) is 0. The van der Waals surface area contributed by atoms with Gasteiger partial charge in [0.25, 0.3) is 0 Å². The van der Waals surface area contributed by atoms with Crippen LogP contribution in [0.2, 0.25) is 0 Å². The lowest BCUT2D eigenvalue weighted by molar-refractivity contribution is -0.445. The number of nitrogens with zero attached hydrogens (tertiary/aromatic N) is 1. The van der Waals surface area contributed by atoms with E-state index in [0.717, 1.165) is 35.0 Å². The molecular formula is C18H6ClF17N2OS. The highest BCUT2D eigenvalue weighted by atomic mass is 35.5. The molecule has 1 aromatic carbocycles. The summed E-state index contributed by atoms with van der Waals surface area (Å²) >= 11 is 3.53. The largest absolute Gasteiger partial charge is 0.393 e. The van der Waals surface area contributed by atoms with Crippen LogP contribution in [-0.2, 0) is 4.79 Å². The number of aromatic nitrogens is 1. The van der Waals surface area contributed by atoms with E-state index >= 15 is 0 Å². The Kier molecular flexibility index (Phi) is 8.21. The molecular weight excluding hydrogens is 651 g/mol. The first-order chi connectivity index (χ1) is 17.6. The normalized spacial score (nSPS) is 14.8. The van der Waals surface area contributed by atoms with Crippen molar-refractivity contribution in [2.45, 2.75) is 46.8 Å². The van der Waals surface area contributed by atoms with Crippen LogP contribution in [0.15, 0.2) is 29.6 Å². The number of alkyl halides is 17. The van der Waals surface area contributed by atoms with Gasteiger partial charge in [-0.05, 0) is 35.9 Å². The SMILES string of the molecule is O=C(Nc1nc(-c2ccc(F)cc2)cs1)C(F)(F)C(F)(F)C(F)(F)C(F)(F)C(F)(F)C(F)(F)C(F)(F)C(F)(F)Cl. The molecule has 0 atom stereocenters. The molecule has 0 fully saturated rings. The van der Waals surface area contributed by atoms with Crippen molar-refractivity contribution in [3.63, 3.8) is 0 Å². The van der Waals surface area contributed by atoms with E-state index in [1.165, 1.54) is 0 Å². The van der Waals surface area contributed by atoms with Gasteiger partial charge in [0.2, 0.25) is 0 Å². The van der Waals surface area contributed by atoms with Crippen LogP contribution in [0.4, 0.5) is 79.8 Å². The minimum absolute atomic E-state index is 0.0103. The monoisotopic (exact) mass is 656 g/mol. The van der Waals surface area contributed by atoms with Crippen molar-refractivity contribution < 1.29 is 79.4 Å². The molecule has 1 heterocycles. The smallest absolute Gasteiger partial charge is 0.296 e. The average molecular weight is 657 g/mol. The Morgan fingerprint density at radius 1 is 0.675 bits per heavy atom. The van der Waals surface area contributed by atoms with Crippen molar-refractivity contribution in [1.82, 2.24) is 4.98 Å². The molecule has 0 aliphatic carbocycles. The Balaban J connectivity index is 2.46. The number of thiazole rings is 1. The Labute approximate surface area is 217 Å². The van der Waals surface area contributed by atoms with E-state index in [9.17, 15) is 79.4 Å². The molecule has 22 heteroatoms. The molecule has 0 unspecified atom stereocenters. The van der Waals surface area contributed by atoms with Crippen molar-refractivity contribution in [2.24, 2.45) is 0 Å². The Morgan fingerprint density at radius 2 is 1.07 bits per heavy atom. The number of anilines is 1. The predicted octanol–water partition coefficient (Wildman–Crippen LogP) is 8.17. The van der Waals surface area contributed by atoms with Crippen LogP contribution in [0.1, 0.15) is 0 Å². The number of carbonyl (C=O) groups is 1. The molecule has 0 aliphatic heterocycles. The standard InChI is InChI=1S/C18H6ClF17N2OS/c19-18(35,36)17(33,34)16(31,32)15(29,30)14(27,28)13(25,26)12(23,24)11(21,22)9(39)38-10-37-8(5-40-10)6-1-3-7(20)4-2-6/h1-5H,(H,37,38,39).